The quantitative estimate of drug-likeness (QED) is 0.376. The van der Waals surface area contributed by atoms with Crippen LogP contribution >= 0.6 is 11.6 Å². The van der Waals surface area contributed by atoms with E-state index in [0.29, 0.717) is 36.8 Å². The van der Waals surface area contributed by atoms with E-state index in [4.69, 9.17) is 11.6 Å². The molecule has 0 saturated heterocycles. The highest BCUT2D eigenvalue weighted by Crippen LogP contribution is 2.38. The van der Waals surface area contributed by atoms with Crippen LogP contribution in [-0.2, 0) is 31.2 Å². The molecule has 0 saturated carbocycles. The van der Waals surface area contributed by atoms with Crippen LogP contribution in [0.2, 0.25) is 5.15 Å². The number of fused-ring (bicyclic) bond motifs is 1. The largest absolute Gasteiger partial charge is 0.324 e. The standard InChI is InChI=1S/C28H25ClN8O2/c1-34-22-13-17(21-8-10-30-35(21)2)12-19-24(22)20(32-31-19)14-23(27(34)38)36-11-9-18-25(28(36)39)33-37(26(18)29)15-16-6-4-3-5-7-16/h3-8,10,12-13,23H,9,11,14-15H2,1-2H3,(H,31,32)/t23-/m0/s1. The maximum Gasteiger partial charge on any atom is 0.275 e. The second-order valence-corrected chi connectivity index (χ2v) is 10.4. The molecule has 7 rings (SSSR count). The van der Waals surface area contributed by atoms with Gasteiger partial charge in [-0.2, -0.15) is 15.3 Å². The minimum atomic E-state index is -0.704. The number of likely N-dealkylation sites (N-methyl/N-ethyl adjacent to an activating group) is 1. The fourth-order valence-electron chi connectivity index (χ4n) is 5.78. The highest BCUT2D eigenvalue weighted by atomic mass is 35.5. The summed E-state index contributed by atoms with van der Waals surface area (Å²) < 4.78 is 3.45. The average Bonchev–Trinajstić information content (AvgIpc) is 3.63. The van der Waals surface area contributed by atoms with Crippen molar-refractivity contribution >= 4 is 40.0 Å². The van der Waals surface area contributed by atoms with Crippen LogP contribution in [0, 0.1) is 0 Å². The number of rotatable bonds is 4. The number of carbonyl (C=O) groups is 2. The highest BCUT2D eigenvalue weighted by molar-refractivity contribution is 6.31. The first-order valence-corrected chi connectivity index (χ1v) is 13.2. The van der Waals surface area contributed by atoms with E-state index in [9.17, 15) is 9.59 Å². The Balaban J connectivity index is 1.23. The number of anilines is 1. The van der Waals surface area contributed by atoms with Crippen molar-refractivity contribution in [2.24, 2.45) is 7.05 Å². The molecule has 5 heterocycles. The second-order valence-electron chi connectivity index (χ2n) is 10.1. The van der Waals surface area contributed by atoms with Gasteiger partial charge in [-0.05, 0) is 30.2 Å². The van der Waals surface area contributed by atoms with Crippen molar-refractivity contribution in [1.82, 2.24) is 34.7 Å². The van der Waals surface area contributed by atoms with Crippen LogP contribution in [0.5, 0.6) is 0 Å². The minimum Gasteiger partial charge on any atom is -0.324 e. The molecular weight excluding hydrogens is 516 g/mol. The van der Waals surface area contributed by atoms with Crippen molar-refractivity contribution in [1.29, 1.82) is 0 Å². The molecule has 0 fully saturated rings. The summed E-state index contributed by atoms with van der Waals surface area (Å²) >= 11 is 6.67. The number of nitrogens with zero attached hydrogens (tertiary/aromatic N) is 7. The number of benzene rings is 2. The van der Waals surface area contributed by atoms with Crippen molar-refractivity contribution in [3.8, 4) is 11.3 Å². The van der Waals surface area contributed by atoms with E-state index in [1.165, 1.54) is 0 Å². The molecule has 0 spiro atoms. The summed E-state index contributed by atoms with van der Waals surface area (Å²) in [6.45, 7) is 0.839. The lowest BCUT2D eigenvalue weighted by molar-refractivity contribution is -0.122. The van der Waals surface area contributed by atoms with Crippen molar-refractivity contribution in [2.75, 3.05) is 18.5 Å². The number of aromatic nitrogens is 6. The van der Waals surface area contributed by atoms with Gasteiger partial charge < -0.3 is 9.80 Å². The minimum absolute atomic E-state index is 0.158. The SMILES string of the molecule is CN1C(=O)[C@@H](N2CCc3c(nn(Cc4ccccc4)c3Cl)C2=O)Cc2[nH]nc3cc(-c4ccnn4C)cc1c23. The maximum atomic E-state index is 13.9. The molecule has 2 aliphatic rings. The zero-order chi connectivity index (χ0) is 26.8. The van der Waals surface area contributed by atoms with Gasteiger partial charge in [0.2, 0.25) is 5.91 Å². The molecule has 2 amide bonds. The number of amides is 2. The van der Waals surface area contributed by atoms with E-state index in [2.05, 4.69) is 20.4 Å². The van der Waals surface area contributed by atoms with Gasteiger partial charge in [0.15, 0.2) is 5.69 Å². The Hall–Kier alpha value is -4.44. The first-order valence-electron chi connectivity index (χ1n) is 12.8. The first kappa shape index (κ1) is 23.7. The Kier molecular flexibility index (Phi) is 5.34. The van der Waals surface area contributed by atoms with Crippen molar-refractivity contribution < 1.29 is 9.59 Å². The van der Waals surface area contributed by atoms with E-state index < -0.39 is 6.04 Å². The van der Waals surface area contributed by atoms with Crippen molar-refractivity contribution in [2.45, 2.75) is 25.4 Å². The van der Waals surface area contributed by atoms with Gasteiger partial charge in [0.1, 0.15) is 11.2 Å². The molecule has 0 unspecified atom stereocenters. The lowest BCUT2D eigenvalue weighted by Crippen LogP contribution is -2.53. The van der Waals surface area contributed by atoms with Crippen LogP contribution < -0.4 is 4.90 Å². The third-order valence-corrected chi connectivity index (χ3v) is 8.22. The summed E-state index contributed by atoms with van der Waals surface area (Å²) in [7, 11) is 3.63. The van der Waals surface area contributed by atoms with E-state index in [1.807, 2.05) is 55.6 Å². The second kappa shape index (κ2) is 8.81. The average molecular weight is 541 g/mol. The smallest absolute Gasteiger partial charge is 0.275 e. The molecule has 0 bridgehead atoms. The van der Waals surface area contributed by atoms with E-state index in [1.54, 1.807) is 32.4 Å². The van der Waals surface area contributed by atoms with Crippen LogP contribution in [0.4, 0.5) is 5.69 Å². The number of hydrogen-bond acceptors (Lipinski definition) is 5. The normalized spacial score (nSPS) is 17.2. The molecule has 11 heteroatoms. The van der Waals surface area contributed by atoms with Crippen LogP contribution in [0.3, 0.4) is 0 Å². The fraction of sp³-hybridized carbons (Fsp3) is 0.250. The van der Waals surface area contributed by atoms with Gasteiger partial charge in [0, 0.05) is 55.5 Å². The molecular formula is C28H25ClN8O2. The Morgan fingerprint density at radius 3 is 2.69 bits per heavy atom. The Labute approximate surface area is 228 Å². The van der Waals surface area contributed by atoms with E-state index in [-0.39, 0.29) is 11.8 Å². The van der Waals surface area contributed by atoms with Crippen molar-refractivity contribution in [3.05, 3.63) is 82.4 Å². The number of halogens is 1. The van der Waals surface area contributed by atoms with Gasteiger partial charge in [-0.25, -0.2) is 4.68 Å². The summed E-state index contributed by atoms with van der Waals surface area (Å²) in [5.74, 6) is -0.441. The number of nitrogens with one attached hydrogen (secondary N) is 1. The molecule has 0 aliphatic carbocycles. The van der Waals surface area contributed by atoms with E-state index >= 15 is 0 Å². The third-order valence-electron chi connectivity index (χ3n) is 7.80. The van der Waals surface area contributed by atoms with Crippen molar-refractivity contribution in [3.63, 3.8) is 0 Å². The third kappa shape index (κ3) is 3.66. The highest BCUT2D eigenvalue weighted by Gasteiger charge is 2.41. The van der Waals surface area contributed by atoms with Gasteiger partial charge in [-0.3, -0.25) is 19.4 Å². The summed E-state index contributed by atoms with van der Waals surface area (Å²) in [5.41, 5.74) is 6.25. The number of aromatic amines is 1. The number of hydrogen-bond donors (Lipinski definition) is 1. The molecule has 39 heavy (non-hydrogen) atoms. The van der Waals surface area contributed by atoms with E-state index in [0.717, 1.165) is 44.7 Å². The summed E-state index contributed by atoms with van der Waals surface area (Å²) in [4.78, 5) is 31.0. The number of H-pyrrole nitrogens is 1. The predicted molar refractivity (Wildman–Crippen MR) is 147 cm³/mol. The lowest BCUT2D eigenvalue weighted by atomic mass is 10.0. The predicted octanol–water partition coefficient (Wildman–Crippen LogP) is 3.45. The molecule has 2 aliphatic heterocycles. The zero-order valence-corrected chi connectivity index (χ0v) is 22.2. The van der Waals surface area contributed by atoms with Gasteiger partial charge in [-0.15, -0.1) is 0 Å². The van der Waals surface area contributed by atoms with Crippen LogP contribution in [-0.4, -0.2) is 66.1 Å². The number of carbonyl (C=O) groups excluding carboxylic acids is 2. The van der Waals surface area contributed by atoms with Crippen LogP contribution in [0.1, 0.15) is 27.3 Å². The monoisotopic (exact) mass is 540 g/mol. The van der Waals surface area contributed by atoms with Gasteiger partial charge in [0.25, 0.3) is 5.91 Å². The molecule has 2 aromatic carbocycles. The Bertz CT molecular complexity index is 1770. The van der Waals surface area contributed by atoms with Crippen LogP contribution in [0.15, 0.2) is 54.7 Å². The molecule has 3 aromatic heterocycles. The topological polar surface area (TPSA) is 105 Å². The fourth-order valence-corrected chi connectivity index (χ4v) is 6.06. The van der Waals surface area contributed by atoms with Gasteiger partial charge in [-0.1, -0.05) is 41.9 Å². The summed E-state index contributed by atoms with van der Waals surface area (Å²) in [5, 5.41) is 17.9. The molecule has 1 atom stereocenters. The molecule has 0 radical (unpaired) electrons. The summed E-state index contributed by atoms with van der Waals surface area (Å²) in [6, 6.07) is 15.1. The Morgan fingerprint density at radius 1 is 1.10 bits per heavy atom. The molecule has 10 nitrogen and oxygen atoms in total. The van der Waals surface area contributed by atoms with Gasteiger partial charge in [0.05, 0.1) is 23.4 Å². The summed E-state index contributed by atoms with van der Waals surface area (Å²) in [6.07, 6.45) is 2.59. The van der Waals surface area contributed by atoms with Crippen LogP contribution in [0.25, 0.3) is 22.2 Å². The molecule has 196 valence electrons. The first-order chi connectivity index (χ1) is 18.9. The maximum absolute atomic E-state index is 13.9. The zero-order valence-electron chi connectivity index (χ0n) is 21.4. The molecule has 1 N–H and O–H groups in total. The van der Waals surface area contributed by atoms with Gasteiger partial charge >= 0.3 is 0 Å². The molecule has 5 aromatic rings. The lowest BCUT2D eigenvalue weighted by Gasteiger charge is -2.34. The Morgan fingerprint density at radius 2 is 1.92 bits per heavy atom. The number of aryl methyl sites for hydroxylation is 1.